The zero-order valence-electron chi connectivity index (χ0n) is 42.1. The molecule has 417 valence electrons. The third-order valence-electron chi connectivity index (χ3n) is 14.0. The van der Waals surface area contributed by atoms with Crippen molar-refractivity contribution in [2.75, 3.05) is 111 Å². The number of halogens is 3. The van der Waals surface area contributed by atoms with Crippen LogP contribution in [0.4, 0.5) is 13.2 Å². The Morgan fingerprint density at radius 2 is 1.21 bits per heavy atom. The van der Waals surface area contributed by atoms with E-state index in [1.807, 2.05) is 60.4 Å². The number of rotatable bonds is 19. The Labute approximate surface area is 464 Å². The SMILES string of the molecule is Cc1c(/C=C/c2cc(OCCNC(=O)C3CCN(C(=O)CN4CCN(CC(=O)O)CCN(CC(=O)O)CCN(CC(=O)O)CC4)CC3)c(CN3CCCC[C@H]3C(=O)O)cc2C(F)(F)F)cccc1-c1ccccc1.[Lu]. The number of aliphatic carboxylic acids is 4. The van der Waals surface area contributed by atoms with Crippen LogP contribution in [0.5, 0.6) is 5.75 Å². The molecule has 3 aromatic rings. The second-order valence-electron chi connectivity index (χ2n) is 19.2. The first-order chi connectivity index (χ1) is 35.3. The molecule has 22 heteroatoms. The van der Waals surface area contributed by atoms with E-state index in [4.69, 9.17) is 4.74 Å². The first-order valence-corrected chi connectivity index (χ1v) is 25.1. The van der Waals surface area contributed by atoms with Crippen LogP contribution in [0.25, 0.3) is 23.3 Å². The van der Waals surface area contributed by atoms with Gasteiger partial charge in [0.2, 0.25) is 11.8 Å². The van der Waals surface area contributed by atoms with E-state index in [9.17, 15) is 62.4 Å². The van der Waals surface area contributed by atoms with Crippen molar-refractivity contribution in [3.05, 3.63) is 88.5 Å². The zero-order chi connectivity index (χ0) is 53.4. The number of piperidine rings is 2. The van der Waals surface area contributed by atoms with Gasteiger partial charge in [0.05, 0.1) is 38.3 Å². The number of alkyl halides is 3. The number of carbonyl (C=O) groups excluding carboxylic acids is 2. The number of benzene rings is 3. The Morgan fingerprint density at radius 1 is 0.667 bits per heavy atom. The van der Waals surface area contributed by atoms with E-state index in [0.717, 1.165) is 28.3 Å². The van der Waals surface area contributed by atoms with E-state index in [0.29, 0.717) is 38.6 Å². The number of ether oxygens (including phenoxy) is 1. The number of likely N-dealkylation sites (tertiary alicyclic amines) is 2. The van der Waals surface area contributed by atoms with E-state index < -0.39 is 47.6 Å². The van der Waals surface area contributed by atoms with Crippen molar-refractivity contribution >= 4 is 47.8 Å². The van der Waals surface area contributed by atoms with Gasteiger partial charge < -0.3 is 35.4 Å². The second kappa shape index (κ2) is 29.4. The third kappa shape index (κ3) is 18.8. The van der Waals surface area contributed by atoms with Crippen LogP contribution in [-0.2, 0) is 41.5 Å². The summed E-state index contributed by atoms with van der Waals surface area (Å²) in [5.41, 5.74) is 2.63. The molecule has 18 nitrogen and oxygen atoms in total. The van der Waals surface area contributed by atoms with Gasteiger partial charge in [-0.15, -0.1) is 0 Å². The molecule has 0 saturated carbocycles. The summed E-state index contributed by atoms with van der Waals surface area (Å²) in [7, 11) is 0. The number of amides is 2. The minimum atomic E-state index is -4.76. The third-order valence-corrected chi connectivity index (χ3v) is 14.0. The summed E-state index contributed by atoms with van der Waals surface area (Å²) in [5, 5.41) is 41.4. The minimum absolute atomic E-state index is 0. The summed E-state index contributed by atoms with van der Waals surface area (Å²) in [6.07, 6.45) is 0.731. The summed E-state index contributed by atoms with van der Waals surface area (Å²) >= 11 is 0. The Hall–Kier alpha value is -5.16. The number of hydrogen-bond donors (Lipinski definition) is 5. The Bertz CT molecular complexity index is 2430. The average molecular weight is 1210 g/mol. The molecule has 2 amide bonds. The van der Waals surface area contributed by atoms with E-state index in [1.54, 1.807) is 30.6 Å². The fourth-order valence-corrected chi connectivity index (χ4v) is 9.85. The first-order valence-electron chi connectivity index (χ1n) is 25.1. The van der Waals surface area contributed by atoms with Crippen LogP contribution in [0.1, 0.15) is 59.9 Å². The maximum atomic E-state index is 14.9. The van der Waals surface area contributed by atoms with E-state index >= 15 is 0 Å². The zero-order valence-corrected chi connectivity index (χ0v) is 43.7. The normalized spacial score (nSPS) is 18.6. The van der Waals surface area contributed by atoms with Crippen LogP contribution in [0.15, 0.2) is 60.7 Å². The molecule has 3 aliphatic rings. The first kappa shape index (κ1) is 60.7. The molecule has 3 aromatic carbocycles. The molecule has 1 atom stereocenters. The monoisotopic (exact) mass is 1210 g/mol. The molecule has 1 radical (unpaired) electrons. The quantitative estimate of drug-likeness (QED) is 0.0824. The maximum Gasteiger partial charge on any atom is 0.417 e. The van der Waals surface area contributed by atoms with Crippen molar-refractivity contribution < 1.29 is 104 Å². The van der Waals surface area contributed by atoms with Crippen molar-refractivity contribution in [2.24, 2.45) is 5.92 Å². The van der Waals surface area contributed by atoms with Crippen LogP contribution in [0.3, 0.4) is 0 Å². The van der Waals surface area contributed by atoms with Crippen LogP contribution < -0.4 is 10.1 Å². The predicted molar refractivity (Wildman–Crippen MR) is 269 cm³/mol. The number of nitrogens with zero attached hydrogens (tertiary/aromatic N) is 6. The van der Waals surface area contributed by atoms with Gasteiger partial charge in [-0.25, -0.2) is 0 Å². The molecule has 0 aromatic heterocycles. The van der Waals surface area contributed by atoms with Gasteiger partial charge in [-0.2, -0.15) is 13.2 Å². The Morgan fingerprint density at radius 3 is 1.75 bits per heavy atom. The van der Waals surface area contributed by atoms with E-state index in [-0.39, 0.29) is 177 Å². The topological polar surface area (TPSA) is 224 Å². The molecule has 5 N–H and O–H groups in total. The molecule has 0 bridgehead atoms. The molecular formula is C53H68F3LuN7O11. The minimum Gasteiger partial charge on any atom is -0.491 e. The molecular weight excluding hydrogens is 1140 g/mol. The van der Waals surface area contributed by atoms with Gasteiger partial charge in [-0.3, -0.25) is 53.3 Å². The average Bonchev–Trinajstić information content (AvgIpc) is 3.35. The number of nitrogens with one attached hydrogen (secondary N) is 1. The molecule has 75 heavy (non-hydrogen) atoms. The van der Waals surface area contributed by atoms with Crippen molar-refractivity contribution in [3.63, 3.8) is 0 Å². The van der Waals surface area contributed by atoms with E-state index in [2.05, 4.69) is 5.32 Å². The van der Waals surface area contributed by atoms with Gasteiger partial charge in [0.15, 0.2) is 0 Å². The maximum absolute atomic E-state index is 14.9. The molecule has 3 aliphatic heterocycles. The van der Waals surface area contributed by atoms with Crippen LogP contribution >= 0.6 is 0 Å². The fraction of sp³-hybridized carbons (Fsp3) is 0.509. The van der Waals surface area contributed by atoms with Gasteiger partial charge >= 0.3 is 30.1 Å². The Kier molecular flexibility index (Phi) is 23.8. The van der Waals surface area contributed by atoms with Gasteiger partial charge in [0, 0.05) is 120 Å². The van der Waals surface area contributed by atoms with Crippen LogP contribution in [0.2, 0.25) is 0 Å². The number of carbonyl (C=O) groups is 6. The number of carboxylic acid groups (broad SMARTS) is 4. The molecule has 0 spiro atoms. The smallest absolute Gasteiger partial charge is 0.417 e. The standard InChI is InChI=1S/C53H68F3N7O11.Lu/c1-37-38(10-7-11-43(37)39-8-3-2-4-9-39)13-14-41-31-46(42(30-44(41)53(54,55)56)32-63-18-6-5-12-45(63)52(72)73)74-29-17-57-51(71)40-15-19-62(20-16-40)47(64)33-58-21-23-59(34-48(65)66)25-27-61(36-50(69)70)28-26-60(24-22-58)35-49(67)68;/h2-4,7-11,13-14,30-31,40,45H,5-6,12,15-29,32-36H2,1H3,(H,57,71)(H,65,66)(H,67,68)(H,69,70)(H,72,73);/b14-13+;/t45-;/m0./s1. The predicted octanol–water partition coefficient (Wildman–Crippen LogP) is 4.50. The number of carboxylic acids is 4. The molecule has 3 heterocycles. The summed E-state index contributed by atoms with van der Waals surface area (Å²) in [5.74, 6) is -5.01. The molecule has 0 unspecified atom stereocenters. The van der Waals surface area contributed by atoms with Gasteiger partial charge in [0.25, 0.3) is 0 Å². The van der Waals surface area contributed by atoms with Gasteiger partial charge in [-0.05, 0) is 79.1 Å². The molecule has 0 aliphatic carbocycles. The molecule has 6 rings (SSSR count). The number of hydrogen-bond acceptors (Lipinski definition) is 12. The van der Waals surface area contributed by atoms with Crippen LogP contribution in [0, 0.1) is 49.7 Å². The fourth-order valence-electron chi connectivity index (χ4n) is 9.85. The summed E-state index contributed by atoms with van der Waals surface area (Å²) < 4.78 is 50.8. The van der Waals surface area contributed by atoms with Gasteiger partial charge in [-0.1, -0.05) is 67.1 Å². The van der Waals surface area contributed by atoms with Crippen molar-refractivity contribution in [1.82, 2.24) is 34.7 Å². The van der Waals surface area contributed by atoms with Crippen molar-refractivity contribution in [3.8, 4) is 16.9 Å². The summed E-state index contributed by atoms with van der Waals surface area (Å²) in [6, 6.07) is 16.8. The second-order valence-corrected chi connectivity index (χ2v) is 19.2. The van der Waals surface area contributed by atoms with Crippen molar-refractivity contribution in [2.45, 2.75) is 57.8 Å². The summed E-state index contributed by atoms with van der Waals surface area (Å²) in [6.45, 7) is 3.87. The van der Waals surface area contributed by atoms with Crippen LogP contribution in [-0.4, -0.2) is 203 Å². The molecule has 3 fully saturated rings. The Balaban J connectivity index is 0.0000104. The van der Waals surface area contributed by atoms with E-state index in [1.165, 1.54) is 12.1 Å². The largest absolute Gasteiger partial charge is 0.491 e. The van der Waals surface area contributed by atoms with Crippen molar-refractivity contribution in [1.29, 1.82) is 0 Å². The molecule has 3 saturated heterocycles. The summed E-state index contributed by atoms with van der Waals surface area (Å²) in [4.78, 5) is 84.5. The van der Waals surface area contributed by atoms with Gasteiger partial charge in [0.1, 0.15) is 18.4 Å².